The molecule has 25 heavy (non-hydrogen) atoms. The predicted molar refractivity (Wildman–Crippen MR) is 80.6 cm³/mol. The summed E-state index contributed by atoms with van der Waals surface area (Å²) in [6.45, 7) is 0.942. The topological polar surface area (TPSA) is 90.2 Å². The van der Waals surface area contributed by atoms with E-state index in [1.807, 2.05) is 0 Å². The van der Waals surface area contributed by atoms with Crippen LogP contribution < -0.4 is 5.73 Å². The zero-order valence-electron chi connectivity index (χ0n) is 13.4. The molecular weight excluding hydrogens is 339 g/mol. The van der Waals surface area contributed by atoms with E-state index in [9.17, 15) is 18.0 Å². The van der Waals surface area contributed by atoms with Crippen molar-refractivity contribution in [3.8, 4) is 0 Å². The molecule has 1 saturated heterocycles. The first-order chi connectivity index (χ1) is 11.9. The molecule has 3 rings (SSSR count). The third kappa shape index (κ3) is 3.84. The van der Waals surface area contributed by atoms with Gasteiger partial charge in [0.25, 0.3) is 5.91 Å². The summed E-state index contributed by atoms with van der Waals surface area (Å²) in [5.74, 6) is -0.0249. The second kappa shape index (κ2) is 6.87. The summed E-state index contributed by atoms with van der Waals surface area (Å²) in [5, 5.41) is 7.18. The van der Waals surface area contributed by atoms with Gasteiger partial charge >= 0.3 is 6.18 Å². The Morgan fingerprint density at radius 2 is 2.20 bits per heavy atom. The van der Waals surface area contributed by atoms with Crippen molar-refractivity contribution in [3.05, 3.63) is 35.5 Å². The number of alkyl halides is 3. The lowest BCUT2D eigenvalue weighted by Gasteiger charge is -2.34. The number of carbonyl (C=O) groups excluding carboxylic acids is 1. The summed E-state index contributed by atoms with van der Waals surface area (Å²) < 4.78 is 43.8. The number of hydrogen-bond acceptors (Lipinski definition) is 5. The fourth-order valence-corrected chi connectivity index (χ4v) is 2.91. The standard InChI is InChI=1S/C15H18F3N5O2/c16-15(17,18)13-4-6-22(20-13)9-11-7-12(21-25-11)14(24)23-5-2-1-3-10(23)8-19/h4,6-7,10H,1-3,5,8-9,19H2/t10-/m0/s1. The van der Waals surface area contributed by atoms with Gasteiger partial charge in [0, 0.05) is 31.4 Å². The Kier molecular flexibility index (Phi) is 4.80. The summed E-state index contributed by atoms with van der Waals surface area (Å²) in [5.41, 5.74) is 4.85. The average molecular weight is 357 g/mol. The predicted octanol–water partition coefficient (Wildman–Crippen LogP) is 1.89. The van der Waals surface area contributed by atoms with E-state index in [1.165, 1.54) is 12.3 Å². The van der Waals surface area contributed by atoms with Crippen molar-refractivity contribution in [1.29, 1.82) is 0 Å². The van der Waals surface area contributed by atoms with Crippen LogP contribution in [0, 0.1) is 0 Å². The molecule has 1 atom stereocenters. The lowest BCUT2D eigenvalue weighted by atomic mass is 10.0. The molecule has 1 fully saturated rings. The van der Waals surface area contributed by atoms with Crippen LogP contribution in [0.15, 0.2) is 22.9 Å². The van der Waals surface area contributed by atoms with E-state index in [0.29, 0.717) is 13.1 Å². The van der Waals surface area contributed by atoms with Crippen LogP contribution in [0.4, 0.5) is 13.2 Å². The molecule has 1 amide bonds. The zero-order valence-corrected chi connectivity index (χ0v) is 13.4. The molecule has 1 aliphatic rings. The van der Waals surface area contributed by atoms with Gasteiger partial charge < -0.3 is 15.2 Å². The maximum atomic E-state index is 12.6. The largest absolute Gasteiger partial charge is 0.435 e. The molecule has 0 saturated carbocycles. The van der Waals surface area contributed by atoms with Crippen LogP contribution in [-0.4, -0.2) is 44.9 Å². The molecule has 0 bridgehead atoms. The van der Waals surface area contributed by atoms with Crippen LogP contribution in [0.25, 0.3) is 0 Å². The van der Waals surface area contributed by atoms with E-state index < -0.39 is 11.9 Å². The van der Waals surface area contributed by atoms with Gasteiger partial charge in [0.15, 0.2) is 17.1 Å². The van der Waals surface area contributed by atoms with Crippen molar-refractivity contribution < 1.29 is 22.5 Å². The highest BCUT2D eigenvalue weighted by molar-refractivity contribution is 5.92. The number of carbonyl (C=O) groups is 1. The molecule has 0 radical (unpaired) electrons. The Hall–Kier alpha value is -2.36. The van der Waals surface area contributed by atoms with E-state index in [2.05, 4.69) is 10.3 Å². The van der Waals surface area contributed by atoms with Gasteiger partial charge in [0.05, 0.1) is 0 Å². The summed E-state index contributed by atoms with van der Waals surface area (Å²) in [6, 6.07) is 2.28. The summed E-state index contributed by atoms with van der Waals surface area (Å²) >= 11 is 0. The highest BCUT2D eigenvalue weighted by Gasteiger charge is 2.33. The number of amides is 1. The van der Waals surface area contributed by atoms with Crippen molar-refractivity contribution in [2.24, 2.45) is 5.73 Å². The first-order valence-corrected chi connectivity index (χ1v) is 7.96. The van der Waals surface area contributed by atoms with Crippen LogP contribution in [0.1, 0.15) is 41.2 Å². The number of halogens is 3. The molecular formula is C15H18F3N5O2. The van der Waals surface area contributed by atoms with Gasteiger partial charge in [-0.2, -0.15) is 18.3 Å². The number of rotatable bonds is 4. The quantitative estimate of drug-likeness (QED) is 0.902. The first kappa shape index (κ1) is 17.5. The molecule has 3 heterocycles. The number of nitrogens with zero attached hydrogens (tertiary/aromatic N) is 4. The molecule has 2 aromatic heterocycles. The summed E-state index contributed by atoms with van der Waals surface area (Å²) in [6.07, 6.45) is -0.529. The number of piperidine rings is 1. The Bertz CT molecular complexity index is 740. The van der Waals surface area contributed by atoms with Crippen molar-refractivity contribution in [1.82, 2.24) is 19.8 Å². The van der Waals surface area contributed by atoms with Crippen LogP contribution >= 0.6 is 0 Å². The summed E-state index contributed by atoms with van der Waals surface area (Å²) in [7, 11) is 0. The minimum Gasteiger partial charge on any atom is -0.359 e. The second-order valence-electron chi connectivity index (χ2n) is 5.96. The molecule has 0 aromatic carbocycles. The van der Waals surface area contributed by atoms with Gasteiger partial charge in [-0.1, -0.05) is 5.16 Å². The molecule has 0 unspecified atom stereocenters. The Labute approximate surface area is 141 Å². The SMILES string of the molecule is NC[C@@H]1CCCCN1C(=O)c1cc(Cn2ccc(C(F)(F)F)n2)on1. The molecule has 10 heteroatoms. The van der Waals surface area contributed by atoms with E-state index >= 15 is 0 Å². The molecule has 1 aliphatic heterocycles. The van der Waals surface area contributed by atoms with Crippen molar-refractivity contribution >= 4 is 5.91 Å². The number of aromatic nitrogens is 3. The highest BCUT2D eigenvalue weighted by atomic mass is 19.4. The molecule has 2 aromatic rings. The van der Waals surface area contributed by atoms with E-state index in [-0.39, 0.29) is 29.9 Å². The average Bonchev–Trinajstić information content (AvgIpc) is 3.24. The van der Waals surface area contributed by atoms with Gasteiger partial charge in [-0.25, -0.2) is 0 Å². The van der Waals surface area contributed by atoms with Gasteiger partial charge in [-0.3, -0.25) is 9.48 Å². The number of likely N-dealkylation sites (tertiary alicyclic amines) is 1. The lowest BCUT2D eigenvalue weighted by Crippen LogP contribution is -2.47. The van der Waals surface area contributed by atoms with E-state index in [4.69, 9.17) is 10.3 Å². The minimum atomic E-state index is -4.50. The second-order valence-corrected chi connectivity index (χ2v) is 5.96. The van der Waals surface area contributed by atoms with Crippen molar-refractivity contribution in [3.63, 3.8) is 0 Å². The van der Waals surface area contributed by atoms with Crippen molar-refractivity contribution in [2.45, 2.75) is 38.0 Å². The van der Waals surface area contributed by atoms with Crippen LogP contribution in [-0.2, 0) is 12.7 Å². The monoisotopic (exact) mass is 357 g/mol. The molecule has 136 valence electrons. The van der Waals surface area contributed by atoms with Crippen molar-refractivity contribution in [2.75, 3.05) is 13.1 Å². The molecule has 0 aliphatic carbocycles. The third-order valence-electron chi connectivity index (χ3n) is 4.19. The van der Waals surface area contributed by atoms with Gasteiger partial charge in [-0.05, 0) is 25.3 Å². The fraction of sp³-hybridized carbons (Fsp3) is 0.533. The highest BCUT2D eigenvalue weighted by Crippen LogP contribution is 2.27. The number of nitrogens with two attached hydrogens (primary N) is 1. The Balaban J connectivity index is 1.69. The lowest BCUT2D eigenvalue weighted by molar-refractivity contribution is -0.141. The van der Waals surface area contributed by atoms with Crippen LogP contribution in [0.3, 0.4) is 0 Å². The molecule has 0 spiro atoms. The maximum absolute atomic E-state index is 12.6. The summed E-state index contributed by atoms with van der Waals surface area (Å²) in [4.78, 5) is 14.2. The smallest absolute Gasteiger partial charge is 0.359 e. The normalized spacial score (nSPS) is 18.6. The minimum absolute atomic E-state index is 0.0261. The van der Waals surface area contributed by atoms with Crippen LogP contribution in [0.2, 0.25) is 0 Å². The maximum Gasteiger partial charge on any atom is 0.435 e. The molecule has 7 nitrogen and oxygen atoms in total. The Morgan fingerprint density at radius 3 is 2.88 bits per heavy atom. The third-order valence-corrected chi connectivity index (χ3v) is 4.19. The van der Waals surface area contributed by atoms with Gasteiger partial charge in [-0.15, -0.1) is 0 Å². The zero-order chi connectivity index (χ0) is 18.0. The van der Waals surface area contributed by atoms with Gasteiger partial charge in [0.1, 0.15) is 6.54 Å². The van der Waals surface area contributed by atoms with E-state index in [1.54, 1.807) is 4.90 Å². The molecule has 2 N–H and O–H groups in total. The van der Waals surface area contributed by atoms with Crippen LogP contribution in [0.5, 0.6) is 0 Å². The number of hydrogen-bond donors (Lipinski definition) is 1. The first-order valence-electron chi connectivity index (χ1n) is 7.96. The van der Waals surface area contributed by atoms with Gasteiger partial charge in [0.2, 0.25) is 0 Å². The Morgan fingerprint density at radius 1 is 1.40 bits per heavy atom. The van der Waals surface area contributed by atoms with E-state index in [0.717, 1.165) is 30.0 Å². The fourth-order valence-electron chi connectivity index (χ4n) is 2.91.